The van der Waals surface area contributed by atoms with Crippen LogP contribution >= 0.6 is 11.3 Å². The Labute approximate surface area is 87.4 Å². The molecule has 3 nitrogen and oxygen atoms in total. The van der Waals surface area contributed by atoms with Gasteiger partial charge < -0.3 is 4.57 Å². The van der Waals surface area contributed by atoms with Gasteiger partial charge in [-0.2, -0.15) is 0 Å². The smallest absolute Gasteiger partial charge is 0.113 e. The third-order valence-electron chi connectivity index (χ3n) is 2.32. The number of hydrogen-bond acceptors (Lipinski definition) is 3. The summed E-state index contributed by atoms with van der Waals surface area (Å²) in [6, 6.07) is 0. The number of nitrogens with zero attached hydrogens (tertiary/aromatic N) is 3. The highest BCUT2D eigenvalue weighted by atomic mass is 32.1. The number of imidazole rings is 1. The van der Waals surface area contributed by atoms with Crippen molar-refractivity contribution in [2.45, 2.75) is 27.3 Å². The van der Waals surface area contributed by atoms with Crippen molar-refractivity contribution in [1.29, 1.82) is 0 Å². The summed E-state index contributed by atoms with van der Waals surface area (Å²) >= 11 is 1.70. The molecule has 2 heterocycles. The fourth-order valence-corrected chi connectivity index (χ4v) is 2.09. The lowest BCUT2D eigenvalue weighted by Crippen LogP contribution is -2.00. The lowest BCUT2D eigenvalue weighted by molar-refractivity contribution is 0.761. The van der Waals surface area contributed by atoms with E-state index in [0.717, 1.165) is 22.9 Å². The van der Waals surface area contributed by atoms with Crippen molar-refractivity contribution in [2.75, 3.05) is 0 Å². The molecule has 0 amide bonds. The molecule has 0 bridgehead atoms. The topological polar surface area (TPSA) is 30.7 Å². The van der Waals surface area contributed by atoms with Crippen LogP contribution in [-0.2, 0) is 6.54 Å². The number of thiazole rings is 1. The molecule has 74 valence electrons. The van der Waals surface area contributed by atoms with Crippen LogP contribution in [0.25, 0.3) is 0 Å². The Bertz CT molecular complexity index is 442. The maximum Gasteiger partial charge on any atom is 0.113 e. The van der Waals surface area contributed by atoms with Gasteiger partial charge in [-0.25, -0.2) is 9.97 Å². The zero-order chi connectivity index (χ0) is 10.1. The molecule has 0 saturated carbocycles. The Kier molecular flexibility index (Phi) is 2.37. The van der Waals surface area contributed by atoms with Crippen LogP contribution in [0.2, 0.25) is 0 Å². The lowest BCUT2D eigenvalue weighted by Gasteiger charge is -2.01. The molecule has 0 radical (unpaired) electrons. The summed E-state index contributed by atoms with van der Waals surface area (Å²) in [4.78, 5) is 8.69. The zero-order valence-electron chi connectivity index (χ0n) is 8.61. The van der Waals surface area contributed by atoms with Crippen molar-refractivity contribution in [3.63, 3.8) is 0 Å². The summed E-state index contributed by atoms with van der Waals surface area (Å²) in [5.41, 5.74) is 3.41. The van der Waals surface area contributed by atoms with Gasteiger partial charge in [-0.05, 0) is 20.8 Å². The summed E-state index contributed by atoms with van der Waals surface area (Å²) in [6.45, 7) is 6.97. The Balaban J connectivity index is 2.22. The van der Waals surface area contributed by atoms with Gasteiger partial charge in [-0.3, -0.25) is 0 Å². The monoisotopic (exact) mass is 207 g/mol. The van der Waals surface area contributed by atoms with Crippen molar-refractivity contribution in [2.24, 2.45) is 0 Å². The summed E-state index contributed by atoms with van der Waals surface area (Å²) in [7, 11) is 0. The minimum atomic E-state index is 0.838. The summed E-state index contributed by atoms with van der Waals surface area (Å²) in [6.07, 6.45) is 1.88. The second-order valence-electron chi connectivity index (χ2n) is 3.43. The van der Waals surface area contributed by atoms with Crippen molar-refractivity contribution in [3.8, 4) is 0 Å². The van der Waals surface area contributed by atoms with E-state index in [9.17, 15) is 0 Å². The first-order valence-corrected chi connectivity index (χ1v) is 5.44. The number of aryl methyl sites for hydroxylation is 2. The minimum Gasteiger partial charge on any atom is -0.328 e. The van der Waals surface area contributed by atoms with E-state index < -0.39 is 0 Å². The molecule has 0 aromatic carbocycles. The summed E-state index contributed by atoms with van der Waals surface area (Å²) < 4.78 is 2.13. The van der Waals surface area contributed by atoms with Gasteiger partial charge in [0.1, 0.15) is 5.01 Å². The fraction of sp³-hybridized carbons (Fsp3) is 0.400. The zero-order valence-corrected chi connectivity index (χ0v) is 9.43. The molecule has 0 aliphatic carbocycles. The highest BCUT2D eigenvalue weighted by Gasteiger charge is 2.04. The van der Waals surface area contributed by atoms with E-state index in [2.05, 4.69) is 26.8 Å². The molecule has 0 saturated heterocycles. The van der Waals surface area contributed by atoms with E-state index in [1.54, 1.807) is 11.3 Å². The quantitative estimate of drug-likeness (QED) is 0.756. The van der Waals surface area contributed by atoms with E-state index in [4.69, 9.17) is 0 Å². The van der Waals surface area contributed by atoms with Crippen LogP contribution < -0.4 is 0 Å². The average Bonchev–Trinajstić information content (AvgIpc) is 2.67. The van der Waals surface area contributed by atoms with Crippen LogP contribution in [0.4, 0.5) is 0 Å². The molecule has 0 aliphatic rings. The van der Waals surface area contributed by atoms with Gasteiger partial charge in [0.25, 0.3) is 0 Å². The van der Waals surface area contributed by atoms with Crippen LogP contribution in [0.5, 0.6) is 0 Å². The van der Waals surface area contributed by atoms with Crippen molar-refractivity contribution >= 4 is 11.3 Å². The fourth-order valence-electron chi connectivity index (χ4n) is 1.32. The molecule has 2 rings (SSSR count). The summed E-state index contributed by atoms with van der Waals surface area (Å²) in [5, 5.41) is 3.22. The molecule has 2 aromatic rings. The van der Waals surface area contributed by atoms with E-state index >= 15 is 0 Å². The Morgan fingerprint density at radius 2 is 2.14 bits per heavy atom. The molecule has 0 atom stereocenters. The molecule has 0 aliphatic heterocycles. The Morgan fingerprint density at radius 1 is 1.36 bits per heavy atom. The Morgan fingerprint density at radius 3 is 2.64 bits per heavy atom. The molecule has 14 heavy (non-hydrogen) atoms. The van der Waals surface area contributed by atoms with Crippen LogP contribution in [0.3, 0.4) is 0 Å². The first-order chi connectivity index (χ1) is 6.66. The van der Waals surface area contributed by atoms with Crippen molar-refractivity contribution in [3.05, 3.63) is 33.8 Å². The SMILES string of the molecule is Cc1csc(Cn2cnc(C)c2C)n1. The predicted molar refractivity (Wildman–Crippen MR) is 57.7 cm³/mol. The van der Waals surface area contributed by atoms with E-state index in [0.29, 0.717) is 0 Å². The lowest BCUT2D eigenvalue weighted by atomic mass is 10.4. The molecule has 4 heteroatoms. The number of hydrogen-bond donors (Lipinski definition) is 0. The molecule has 0 N–H and O–H groups in total. The average molecular weight is 207 g/mol. The molecule has 0 unspecified atom stereocenters. The van der Waals surface area contributed by atoms with Crippen molar-refractivity contribution in [1.82, 2.24) is 14.5 Å². The van der Waals surface area contributed by atoms with Gasteiger partial charge in [-0.15, -0.1) is 11.3 Å². The van der Waals surface area contributed by atoms with E-state index in [1.807, 2.05) is 20.2 Å². The molecule has 0 fully saturated rings. The standard InChI is InChI=1S/C10H13N3S/c1-7-5-14-10(12-7)4-13-6-11-8(2)9(13)3/h5-6H,4H2,1-3H3. The third-order valence-corrected chi connectivity index (χ3v) is 3.27. The maximum atomic E-state index is 4.43. The second kappa shape index (κ2) is 3.53. The van der Waals surface area contributed by atoms with Gasteiger partial charge in [-0.1, -0.05) is 0 Å². The van der Waals surface area contributed by atoms with Crippen LogP contribution in [0.1, 0.15) is 22.1 Å². The first kappa shape index (κ1) is 9.40. The van der Waals surface area contributed by atoms with E-state index in [-0.39, 0.29) is 0 Å². The highest BCUT2D eigenvalue weighted by Crippen LogP contribution is 2.12. The van der Waals surface area contributed by atoms with Gasteiger partial charge >= 0.3 is 0 Å². The summed E-state index contributed by atoms with van der Waals surface area (Å²) in [5.74, 6) is 0. The minimum absolute atomic E-state index is 0.838. The first-order valence-electron chi connectivity index (χ1n) is 4.56. The number of rotatable bonds is 2. The molecular formula is C10H13N3S. The normalized spacial score (nSPS) is 10.8. The van der Waals surface area contributed by atoms with Gasteiger partial charge in [0.2, 0.25) is 0 Å². The van der Waals surface area contributed by atoms with Crippen LogP contribution in [0.15, 0.2) is 11.7 Å². The van der Waals surface area contributed by atoms with Crippen molar-refractivity contribution < 1.29 is 0 Å². The molecule has 0 spiro atoms. The third kappa shape index (κ3) is 1.70. The van der Waals surface area contributed by atoms with E-state index in [1.165, 1.54) is 5.69 Å². The van der Waals surface area contributed by atoms with Crippen LogP contribution in [-0.4, -0.2) is 14.5 Å². The molecular weight excluding hydrogens is 194 g/mol. The highest BCUT2D eigenvalue weighted by molar-refractivity contribution is 7.09. The largest absolute Gasteiger partial charge is 0.328 e. The van der Waals surface area contributed by atoms with Crippen LogP contribution in [0, 0.1) is 20.8 Å². The predicted octanol–water partition coefficient (Wildman–Crippen LogP) is 2.31. The van der Waals surface area contributed by atoms with Gasteiger partial charge in [0.05, 0.1) is 18.6 Å². The maximum absolute atomic E-state index is 4.43. The van der Waals surface area contributed by atoms with Gasteiger partial charge in [0.15, 0.2) is 0 Å². The number of aromatic nitrogens is 3. The van der Waals surface area contributed by atoms with Gasteiger partial charge in [0, 0.05) is 16.8 Å². The Hall–Kier alpha value is -1.16. The molecule has 2 aromatic heterocycles. The second-order valence-corrected chi connectivity index (χ2v) is 4.37.